The molecule has 0 aliphatic rings. The second-order valence-corrected chi connectivity index (χ2v) is 7.08. The number of hydrogen-bond acceptors (Lipinski definition) is 3. The van der Waals surface area contributed by atoms with Gasteiger partial charge in [-0.1, -0.05) is 42.5 Å². The molecular formula is C24H22FN3O2. The molecule has 0 saturated heterocycles. The van der Waals surface area contributed by atoms with Crippen molar-refractivity contribution >= 4 is 16.9 Å². The van der Waals surface area contributed by atoms with Crippen LogP contribution >= 0.6 is 0 Å². The lowest BCUT2D eigenvalue weighted by molar-refractivity contribution is -0.131. The van der Waals surface area contributed by atoms with Crippen LogP contribution in [-0.4, -0.2) is 27.4 Å². The Labute approximate surface area is 174 Å². The van der Waals surface area contributed by atoms with E-state index in [2.05, 4.69) is 4.98 Å². The van der Waals surface area contributed by atoms with Gasteiger partial charge in [-0.2, -0.15) is 0 Å². The number of rotatable bonds is 7. The van der Waals surface area contributed by atoms with Crippen molar-refractivity contribution < 1.29 is 13.9 Å². The average molecular weight is 403 g/mol. The van der Waals surface area contributed by atoms with E-state index in [1.165, 1.54) is 12.1 Å². The predicted octanol–water partition coefficient (Wildman–Crippen LogP) is 4.41. The number of ether oxygens (including phenoxy) is 1. The smallest absolute Gasteiger partial charge is 0.242 e. The number of halogens is 1. The third kappa shape index (κ3) is 4.49. The van der Waals surface area contributed by atoms with Crippen LogP contribution in [0.15, 0.2) is 78.9 Å². The summed E-state index contributed by atoms with van der Waals surface area (Å²) in [4.78, 5) is 19.2. The quantitative estimate of drug-likeness (QED) is 0.459. The predicted molar refractivity (Wildman–Crippen MR) is 113 cm³/mol. The van der Waals surface area contributed by atoms with Crippen molar-refractivity contribution in [3.8, 4) is 5.75 Å². The van der Waals surface area contributed by atoms with Gasteiger partial charge in [0.05, 0.1) is 11.0 Å². The van der Waals surface area contributed by atoms with E-state index in [-0.39, 0.29) is 24.9 Å². The highest BCUT2D eigenvalue weighted by molar-refractivity contribution is 5.81. The number of carbonyl (C=O) groups is 1. The Bertz CT molecular complexity index is 1140. The maximum absolute atomic E-state index is 13.1. The van der Waals surface area contributed by atoms with Crippen LogP contribution in [0.5, 0.6) is 5.75 Å². The zero-order valence-electron chi connectivity index (χ0n) is 16.7. The highest BCUT2D eigenvalue weighted by Crippen LogP contribution is 2.19. The highest BCUT2D eigenvalue weighted by atomic mass is 19.1. The molecule has 0 radical (unpaired) electrons. The molecule has 0 atom stereocenters. The van der Waals surface area contributed by atoms with Crippen LogP contribution < -0.4 is 4.74 Å². The van der Waals surface area contributed by atoms with Crippen molar-refractivity contribution in [2.45, 2.75) is 19.7 Å². The minimum atomic E-state index is -0.291. The fraction of sp³-hybridized carbons (Fsp3) is 0.167. The fourth-order valence-corrected chi connectivity index (χ4v) is 3.28. The van der Waals surface area contributed by atoms with Crippen LogP contribution in [0.3, 0.4) is 0 Å². The molecule has 0 saturated carbocycles. The molecule has 30 heavy (non-hydrogen) atoms. The van der Waals surface area contributed by atoms with Crippen molar-refractivity contribution in [2.75, 3.05) is 7.05 Å². The zero-order valence-corrected chi connectivity index (χ0v) is 16.7. The van der Waals surface area contributed by atoms with E-state index in [4.69, 9.17) is 4.74 Å². The first-order chi connectivity index (χ1) is 14.6. The van der Waals surface area contributed by atoms with Crippen LogP contribution in [0.25, 0.3) is 11.0 Å². The van der Waals surface area contributed by atoms with Crippen LogP contribution in [0.2, 0.25) is 0 Å². The first-order valence-electron chi connectivity index (χ1n) is 9.70. The van der Waals surface area contributed by atoms with Gasteiger partial charge in [0, 0.05) is 13.6 Å². The van der Waals surface area contributed by atoms with Gasteiger partial charge in [-0.3, -0.25) is 4.79 Å². The lowest BCUT2D eigenvalue weighted by Gasteiger charge is -2.19. The SMILES string of the molecule is CN(Cc1ccc(F)cc1)C(=O)Cn1c(COc2ccccc2)nc2ccccc21. The Kier molecular flexibility index (Phi) is 5.75. The molecule has 0 aliphatic heterocycles. The molecule has 1 aromatic heterocycles. The van der Waals surface area contributed by atoms with Gasteiger partial charge in [0.2, 0.25) is 5.91 Å². The lowest BCUT2D eigenvalue weighted by atomic mass is 10.2. The Balaban J connectivity index is 1.53. The van der Waals surface area contributed by atoms with Crippen molar-refractivity contribution in [1.82, 2.24) is 14.5 Å². The number of para-hydroxylation sites is 3. The van der Waals surface area contributed by atoms with Gasteiger partial charge in [-0.05, 0) is 42.0 Å². The summed E-state index contributed by atoms with van der Waals surface area (Å²) in [5.41, 5.74) is 2.57. The summed E-state index contributed by atoms with van der Waals surface area (Å²) in [5.74, 6) is 1.07. The molecule has 6 heteroatoms. The summed E-state index contributed by atoms with van der Waals surface area (Å²) in [5, 5.41) is 0. The molecule has 0 fully saturated rings. The number of benzene rings is 3. The topological polar surface area (TPSA) is 47.4 Å². The maximum atomic E-state index is 13.1. The van der Waals surface area contributed by atoms with E-state index in [0.717, 1.165) is 22.3 Å². The molecule has 152 valence electrons. The van der Waals surface area contributed by atoms with Crippen molar-refractivity contribution in [2.24, 2.45) is 0 Å². The second-order valence-electron chi connectivity index (χ2n) is 7.08. The minimum Gasteiger partial charge on any atom is -0.486 e. The van der Waals surface area contributed by atoms with E-state index in [1.54, 1.807) is 24.1 Å². The molecule has 5 nitrogen and oxygen atoms in total. The summed E-state index contributed by atoms with van der Waals surface area (Å²) < 4.78 is 20.9. The van der Waals surface area contributed by atoms with Crippen molar-refractivity contribution in [3.63, 3.8) is 0 Å². The van der Waals surface area contributed by atoms with Gasteiger partial charge in [0.15, 0.2) is 0 Å². The Morgan fingerprint density at radius 3 is 2.47 bits per heavy atom. The molecule has 3 aromatic carbocycles. The molecule has 0 unspecified atom stereocenters. The summed E-state index contributed by atoms with van der Waals surface area (Å²) in [6.45, 7) is 0.806. The van der Waals surface area contributed by atoms with Gasteiger partial charge in [0.25, 0.3) is 0 Å². The van der Waals surface area contributed by atoms with E-state index in [9.17, 15) is 9.18 Å². The Hall–Kier alpha value is -3.67. The number of likely N-dealkylation sites (N-methyl/N-ethyl adjacent to an activating group) is 1. The second kappa shape index (κ2) is 8.78. The first kappa shape index (κ1) is 19.6. The summed E-state index contributed by atoms with van der Waals surface area (Å²) >= 11 is 0. The first-order valence-corrected chi connectivity index (χ1v) is 9.70. The summed E-state index contributed by atoms with van der Waals surface area (Å²) in [7, 11) is 1.74. The van der Waals surface area contributed by atoms with Crippen LogP contribution in [0, 0.1) is 5.82 Å². The van der Waals surface area contributed by atoms with Crippen LogP contribution in [-0.2, 0) is 24.5 Å². The van der Waals surface area contributed by atoms with Crippen LogP contribution in [0.4, 0.5) is 4.39 Å². The monoisotopic (exact) mass is 403 g/mol. The van der Waals surface area contributed by atoms with Gasteiger partial charge in [-0.15, -0.1) is 0 Å². The van der Waals surface area contributed by atoms with Gasteiger partial charge >= 0.3 is 0 Å². The molecule has 1 heterocycles. The molecule has 0 bridgehead atoms. The molecule has 0 N–H and O–H groups in total. The molecule has 4 rings (SSSR count). The zero-order chi connectivity index (χ0) is 20.9. The van der Waals surface area contributed by atoms with Crippen molar-refractivity contribution in [1.29, 1.82) is 0 Å². The lowest BCUT2D eigenvalue weighted by Crippen LogP contribution is -2.30. The normalized spacial score (nSPS) is 10.9. The molecule has 0 spiro atoms. The van der Waals surface area contributed by atoms with Gasteiger partial charge in [0.1, 0.15) is 30.5 Å². The summed E-state index contributed by atoms with van der Waals surface area (Å²) in [6, 6.07) is 23.4. The van der Waals surface area contributed by atoms with E-state index in [1.807, 2.05) is 59.2 Å². The average Bonchev–Trinajstić information content (AvgIpc) is 3.12. The van der Waals surface area contributed by atoms with Crippen molar-refractivity contribution in [3.05, 3.63) is 96.1 Å². The highest BCUT2D eigenvalue weighted by Gasteiger charge is 2.17. The third-order valence-corrected chi connectivity index (χ3v) is 4.90. The number of fused-ring (bicyclic) bond motifs is 1. The van der Waals surface area contributed by atoms with E-state index >= 15 is 0 Å². The van der Waals surface area contributed by atoms with Gasteiger partial charge in [-0.25, -0.2) is 9.37 Å². The maximum Gasteiger partial charge on any atom is 0.242 e. The number of imidazole rings is 1. The Morgan fingerprint density at radius 2 is 1.70 bits per heavy atom. The summed E-state index contributed by atoms with van der Waals surface area (Å²) in [6.07, 6.45) is 0. The van der Waals surface area contributed by atoms with Crippen LogP contribution in [0.1, 0.15) is 11.4 Å². The molecule has 0 aliphatic carbocycles. The third-order valence-electron chi connectivity index (χ3n) is 4.90. The van der Waals surface area contributed by atoms with Gasteiger partial charge < -0.3 is 14.2 Å². The molecule has 1 amide bonds. The number of hydrogen-bond donors (Lipinski definition) is 0. The fourth-order valence-electron chi connectivity index (χ4n) is 3.28. The largest absolute Gasteiger partial charge is 0.486 e. The number of carbonyl (C=O) groups excluding carboxylic acids is 1. The number of aromatic nitrogens is 2. The minimum absolute atomic E-state index is 0.0663. The standard InChI is InChI=1S/C24H22FN3O2/c1-27(15-18-11-13-19(25)14-12-18)24(29)16-28-22-10-6-5-9-21(22)26-23(28)17-30-20-7-3-2-4-8-20/h2-14H,15-17H2,1H3. The molecule has 4 aromatic rings. The van der Waals surface area contributed by atoms with E-state index < -0.39 is 0 Å². The number of nitrogens with zero attached hydrogens (tertiary/aromatic N) is 3. The Morgan fingerprint density at radius 1 is 1.00 bits per heavy atom. The molecular weight excluding hydrogens is 381 g/mol. The van der Waals surface area contributed by atoms with E-state index in [0.29, 0.717) is 12.4 Å². The number of amides is 1.